The summed E-state index contributed by atoms with van der Waals surface area (Å²) in [5, 5.41) is 0. The van der Waals surface area contributed by atoms with E-state index in [2.05, 4.69) is 38.0 Å². The van der Waals surface area contributed by atoms with Gasteiger partial charge in [0, 0.05) is 12.1 Å². The first-order valence-electron chi connectivity index (χ1n) is 7.44. The van der Waals surface area contributed by atoms with Crippen LogP contribution in [0.2, 0.25) is 0 Å². The first-order chi connectivity index (χ1) is 8.11. The largest absolute Gasteiger partial charge is 0.306 e. The van der Waals surface area contributed by atoms with Gasteiger partial charge < -0.3 is 9.80 Å². The van der Waals surface area contributed by atoms with Crippen LogP contribution in [0.5, 0.6) is 0 Å². The fraction of sp³-hybridized carbons (Fsp3) is 1.00. The van der Waals surface area contributed by atoms with Crippen LogP contribution < -0.4 is 0 Å². The van der Waals surface area contributed by atoms with Gasteiger partial charge in [-0.05, 0) is 53.9 Å². The van der Waals surface area contributed by atoms with Gasteiger partial charge in [-0.15, -0.1) is 0 Å². The van der Waals surface area contributed by atoms with E-state index < -0.39 is 0 Å². The first kappa shape index (κ1) is 15.0. The molecule has 0 aromatic carbocycles. The van der Waals surface area contributed by atoms with Crippen molar-refractivity contribution < 1.29 is 0 Å². The third-order valence-corrected chi connectivity index (χ3v) is 4.36. The van der Waals surface area contributed by atoms with Crippen LogP contribution in [0.4, 0.5) is 0 Å². The maximum absolute atomic E-state index is 2.36. The summed E-state index contributed by atoms with van der Waals surface area (Å²) in [5.74, 6) is 0. The Labute approximate surface area is 108 Å². The number of rotatable bonds is 2. The van der Waals surface area contributed by atoms with Crippen molar-refractivity contribution in [2.75, 3.05) is 28.2 Å². The van der Waals surface area contributed by atoms with Gasteiger partial charge in [0.15, 0.2) is 0 Å². The van der Waals surface area contributed by atoms with E-state index in [9.17, 15) is 0 Å². The average Bonchev–Trinajstić information content (AvgIpc) is 2.84. The molecule has 0 bridgehead atoms. The van der Waals surface area contributed by atoms with Gasteiger partial charge >= 0.3 is 0 Å². The molecule has 0 atom stereocenters. The SMILES string of the molecule is CN(C)C1CCCC1.CN(C)C1CCCCC1. The molecule has 0 saturated heterocycles. The fourth-order valence-corrected chi connectivity index (χ4v) is 3.02. The van der Waals surface area contributed by atoms with Crippen molar-refractivity contribution in [3.05, 3.63) is 0 Å². The normalized spacial score (nSPS) is 22.9. The van der Waals surface area contributed by atoms with Crippen molar-refractivity contribution in [3.63, 3.8) is 0 Å². The summed E-state index contributed by atoms with van der Waals surface area (Å²) in [6, 6.07) is 1.79. The monoisotopic (exact) mass is 240 g/mol. The quantitative estimate of drug-likeness (QED) is 0.730. The Kier molecular flexibility index (Phi) is 7.14. The van der Waals surface area contributed by atoms with E-state index in [0.717, 1.165) is 12.1 Å². The highest BCUT2D eigenvalue weighted by Gasteiger charge is 2.15. The molecule has 102 valence electrons. The molecule has 0 aliphatic heterocycles. The van der Waals surface area contributed by atoms with Crippen molar-refractivity contribution in [3.8, 4) is 0 Å². The minimum atomic E-state index is 0.888. The van der Waals surface area contributed by atoms with Crippen LogP contribution in [-0.2, 0) is 0 Å². The van der Waals surface area contributed by atoms with Crippen molar-refractivity contribution in [2.45, 2.75) is 69.9 Å². The Morgan fingerprint density at radius 2 is 0.824 bits per heavy atom. The molecular formula is C15H32N2. The summed E-state index contributed by atoms with van der Waals surface area (Å²) in [7, 11) is 8.73. The third kappa shape index (κ3) is 5.87. The Bertz CT molecular complexity index is 177. The molecule has 0 radical (unpaired) electrons. The lowest BCUT2D eigenvalue weighted by molar-refractivity contribution is 0.229. The molecule has 17 heavy (non-hydrogen) atoms. The lowest BCUT2D eigenvalue weighted by Crippen LogP contribution is -2.29. The van der Waals surface area contributed by atoms with Crippen LogP contribution >= 0.6 is 0 Å². The molecular weight excluding hydrogens is 208 g/mol. The standard InChI is InChI=1S/C8H17N.C7H15N/c1-9(2)8-6-4-3-5-7-8;1-8(2)7-5-3-4-6-7/h8H,3-7H2,1-2H3;7H,3-6H2,1-2H3. The Morgan fingerprint density at radius 3 is 1.06 bits per heavy atom. The first-order valence-corrected chi connectivity index (χ1v) is 7.44. The highest BCUT2D eigenvalue weighted by molar-refractivity contribution is 4.72. The highest BCUT2D eigenvalue weighted by Crippen LogP contribution is 2.21. The molecule has 2 aliphatic rings. The Hall–Kier alpha value is -0.0800. The van der Waals surface area contributed by atoms with E-state index in [4.69, 9.17) is 0 Å². The van der Waals surface area contributed by atoms with Gasteiger partial charge in [-0.2, -0.15) is 0 Å². The summed E-state index contributed by atoms with van der Waals surface area (Å²) in [6.07, 6.45) is 12.9. The zero-order valence-electron chi connectivity index (χ0n) is 12.4. The molecule has 2 heteroatoms. The molecule has 2 aliphatic carbocycles. The zero-order chi connectivity index (χ0) is 12.7. The van der Waals surface area contributed by atoms with E-state index in [1.165, 1.54) is 57.8 Å². The van der Waals surface area contributed by atoms with E-state index in [1.54, 1.807) is 0 Å². The number of hydrogen-bond donors (Lipinski definition) is 0. The van der Waals surface area contributed by atoms with Crippen LogP contribution in [0, 0.1) is 0 Å². The molecule has 0 N–H and O–H groups in total. The van der Waals surface area contributed by atoms with E-state index in [1.807, 2.05) is 0 Å². The maximum atomic E-state index is 2.36. The molecule has 2 nitrogen and oxygen atoms in total. The maximum Gasteiger partial charge on any atom is 0.00891 e. The van der Waals surface area contributed by atoms with Crippen LogP contribution in [0.15, 0.2) is 0 Å². The molecule has 0 aromatic heterocycles. The van der Waals surface area contributed by atoms with Crippen LogP contribution in [0.3, 0.4) is 0 Å². The summed E-state index contributed by atoms with van der Waals surface area (Å²) in [5.41, 5.74) is 0. The van der Waals surface area contributed by atoms with Crippen LogP contribution in [-0.4, -0.2) is 50.1 Å². The lowest BCUT2D eigenvalue weighted by Gasteiger charge is -2.27. The van der Waals surface area contributed by atoms with Gasteiger partial charge in [0.05, 0.1) is 0 Å². The Morgan fingerprint density at radius 1 is 0.529 bits per heavy atom. The topological polar surface area (TPSA) is 6.48 Å². The summed E-state index contributed by atoms with van der Waals surface area (Å²) in [6.45, 7) is 0. The summed E-state index contributed by atoms with van der Waals surface area (Å²) in [4.78, 5) is 4.70. The van der Waals surface area contributed by atoms with E-state index in [-0.39, 0.29) is 0 Å². The van der Waals surface area contributed by atoms with E-state index >= 15 is 0 Å². The van der Waals surface area contributed by atoms with Crippen molar-refractivity contribution in [1.82, 2.24) is 9.80 Å². The zero-order valence-corrected chi connectivity index (χ0v) is 12.4. The molecule has 0 heterocycles. The number of hydrogen-bond acceptors (Lipinski definition) is 2. The highest BCUT2D eigenvalue weighted by atomic mass is 15.1. The molecule has 2 fully saturated rings. The minimum absolute atomic E-state index is 0.888. The molecule has 2 rings (SSSR count). The lowest BCUT2D eigenvalue weighted by atomic mass is 9.95. The van der Waals surface area contributed by atoms with Crippen LogP contribution in [0.25, 0.3) is 0 Å². The second-order valence-electron chi connectivity index (χ2n) is 6.16. The van der Waals surface area contributed by atoms with Gasteiger partial charge in [-0.25, -0.2) is 0 Å². The van der Waals surface area contributed by atoms with Gasteiger partial charge in [0.25, 0.3) is 0 Å². The summed E-state index contributed by atoms with van der Waals surface area (Å²) < 4.78 is 0. The second kappa shape index (κ2) is 8.10. The molecule has 2 saturated carbocycles. The second-order valence-corrected chi connectivity index (χ2v) is 6.16. The predicted molar refractivity (Wildman–Crippen MR) is 76.5 cm³/mol. The van der Waals surface area contributed by atoms with Crippen molar-refractivity contribution in [2.24, 2.45) is 0 Å². The molecule has 0 spiro atoms. The third-order valence-electron chi connectivity index (χ3n) is 4.36. The minimum Gasteiger partial charge on any atom is -0.306 e. The van der Waals surface area contributed by atoms with Gasteiger partial charge in [0.1, 0.15) is 0 Å². The van der Waals surface area contributed by atoms with Crippen molar-refractivity contribution in [1.29, 1.82) is 0 Å². The van der Waals surface area contributed by atoms with Crippen LogP contribution in [0.1, 0.15) is 57.8 Å². The van der Waals surface area contributed by atoms with Gasteiger partial charge in [0.2, 0.25) is 0 Å². The van der Waals surface area contributed by atoms with Crippen molar-refractivity contribution >= 4 is 0 Å². The molecule has 0 amide bonds. The predicted octanol–water partition coefficient (Wildman–Crippen LogP) is 3.37. The number of nitrogens with zero attached hydrogens (tertiary/aromatic N) is 2. The summed E-state index contributed by atoms with van der Waals surface area (Å²) >= 11 is 0. The average molecular weight is 240 g/mol. The van der Waals surface area contributed by atoms with Gasteiger partial charge in [-0.3, -0.25) is 0 Å². The molecule has 0 aromatic rings. The van der Waals surface area contributed by atoms with Gasteiger partial charge in [-0.1, -0.05) is 32.1 Å². The van der Waals surface area contributed by atoms with E-state index in [0.29, 0.717) is 0 Å². The molecule has 0 unspecified atom stereocenters. The smallest absolute Gasteiger partial charge is 0.00891 e. The Balaban J connectivity index is 0.000000171. The fourth-order valence-electron chi connectivity index (χ4n) is 3.02.